The van der Waals surface area contributed by atoms with Gasteiger partial charge < -0.3 is 16.2 Å². The molecule has 0 amide bonds. The summed E-state index contributed by atoms with van der Waals surface area (Å²) >= 11 is 1.57. The van der Waals surface area contributed by atoms with Crippen LogP contribution in [0.4, 0.5) is 11.6 Å². The zero-order chi connectivity index (χ0) is 9.97. The van der Waals surface area contributed by atoms with Gasteiger partial charge in [-0.2, -0.15) is 0 Å². The molecule has 0 aliphatic carbocycles. The lowest BCUT2D eigenvalue weighted by Crippen LogP contribution is -2.05. The van der Waals surface area contributed by atoms with Crippen molar-refractivity contribution in [2.75, 3.05) is 24.7 Å². The number of nitrogen functional groups attached to an aromatic ring is 2. The highest BCUT2D eigenvalue weighted by atomic mass is 32.2. The van der Waals surface area contributed by atoms with Gasteiger partial charge in [-0.25, -0.2) is 9.97 Å². The van der Waals surface area contributed by atoms with Crippen LogP contribution in [0.2, 0.25) is 0 Å². The highest BCUT2D eigenvalue weighted by Crippen LogP contribution is 2.26. The molecule has 0 bridgehead atoms. The van der Waals surface area contributed by atoms with Crippen LogP contribution >= 0.6 is 11.8 Å². The molecule has 76 valence electrons. The van der Waals surface area contributed by atoms with E-state index >= 15 is 0 Å². The lowest BCUT2D eigenvalue weighted by Gasteiger charge is -2.06. The first kappa shape index (κ1) is 9.54. The summed E-state index contributed by atoms with van der Waals surface area (Å²) in [5.74, 6) is 0.831. The minimum absolute atomic E-state index is 0.416. The monoisotopic (exact) mass is 212 g/mol. The van der Waals surface area contributed by atoms with Crippen molar-refractivity contribution in [3.8, 4) is 0 Å². The number of aromatic nitrogens is 2. The molecule has 1 unspecified atom stereocenters. The Labute approximate surface area is 86.2 Å². The van der Waals surface area contributed by atoms with Gasteiger partial charge >= 0.3 is 0 Å². The predicted molar refractivity (Wildman–Crippen MR) is 55.9 cm³/mol. The lowest BCUT2D eigenvalue weighted by atomic mass is 10.4. The summed E-state index contributed by atoms with van der Waals surface area (Å²) in [5.41, 5.74) is 11.1. The quantitative estimate of drug-likeness (QED) is 0.695. The molecule has 0 spiro atoms. The van der Waals surface area contributed by atoms with Gasteiger partial charge in [0, 0.05) is 17.9 Å². The van der Waals surface area contributed by atoms with Crippen LogP contribution in [-0.2, 0) is 4.74 Å². The van der Waals surface area contributed by atoms with Crippen LogP contribution in [0.15, 0.2) is 11.2 Å². The lowest BCUT2D eigenvalue weighted by molar-refractivity contribution is 0.199. The summed E-state index contributed by atoms with van der Waals surface area (Å²) in [5, 5.41) is 1.06. The zero-order valence-corrected chi connectivity index (χ0v) is 8.46. The van der Waals surface area contributed by atoms with Crippen LogP contribution in [0.5, 0.6) is 0 Å². The van der Waals surface area contributed by atoms with E-state index in [1.54, 1.807) is 17.8 Å². The molecule has 0 saturated carbocycles. The van der Waals surface area contributed by atoms with E-state index in [4.69, 9.17) is 16.2 Å². The summed E-state index contributed by atoms with van der Waals surface area (Å²) in [7, 11) is 0. The molecular formula is C8H12N4OS. The van der Waals surface area contributed by atoms with E-state index < -0.39 is 0 Å². The van der Waals surface area contributed by atoms with Crippen molar-refractivity contribution in [1.82, 2.24) is 9.97 Å². The van der Waals surface area contributed by atoms with Crippen LogP contribution < -0.4 is 11.5 Å². The second-order valence-corrected chi connectivity index (χ2v) is 4.37. The van der Waals surface area contributed by atoms with Crippen LogP contribution in [0, 0.1) is 0 Å². The molecule has 1 aromatic heterocycles. The first-order chi connectivity index (χ1) is 6.74. The van der Waals surface area contributed by atoms with Crippen molar-refractivity contribution in [2.45, 2.75) is 16.8 Å². The molecule has 1 fully saturated rings. The van der Waals surface area contributed by atoms with Gasteiger partial charge in [-0.1, -0.05) is 11.8 Å². The van der Waals surface area contributed by atoms with Crippen LogP contribution in [0.3, 0.4) is 0 Å². The van der Waals surface area contributed by atoms with Crippen LogP contribution in [-0.4, -0.2) is 28.4 Å². The van der Waals surface area contributed by atoms with Gasteiger partial charge in [0.25, 0.3) is 0 Å². The van der Waals surface area contributed by atoms with Gasteiger partial charge in [0.2, 0.25) is 0 Å². The van der Waals surface area contributed by atoms with Crippen molar-refractivity contribution in [2.24, 2.45) is 0 Å². The minimum Gasteiger partial charge on any atom is -0.383 e. The second-order valence-electron chi connectivity index (χ2n) is 3.10. The van der Waals surface area contributed by atoms with E-state index in [1.165, 1.54) is 0 Å². The molecule has 4 N–H and O–H groups in total. The number of rotatable bonds is 2. The Hall–Kier alpha value is -1.01. The smallest absolute Gasteiger partial charge is 0.191 e. The maximum atomic E-state index is 5.56. The molecular weight excluding hydrogens is 200 g/mol. The molecule has 1 atom stereocenters. The summed E-state index contributed by atoms with van der Waals surface area (Å²) in [4.78, 5) is 8.18. The third-order valence-corrected chi connectivity index (χ3v) is 3.00. The van der Waals surface area contributed by atoms with Gasteiger partial charge in [-0.15, -0.1) is 0 Å². The molecule has 1 aliphatic heterocycles. The Morgan fingerprint density at radius 1 is 1.36 bits per heavy atom. The van der Waals surface area contributed by atoms with Crippen molar-refractivity contribution in [3.05, 3.63) is 6.07 Å². The zero-order valence-electron chi connectivity index (χ0n) is 7.64. The minimum atomic E-state index is 0.416. The number of nitrogens with zero attached hydrogens (tertiary/aromatic N) is 2. The Morgan fingerprint density at radius 2 is 2.07 bits per heavy atom. The predicted octanol–water partition coefficient (Wildman–Crippen LogP) is 0.522. The molecule has 2 rings (SSSR count). The third kappa shape index (κ3) is 2.27. The number of thioether (sulfide) groups is 1. The topological polar surface area (TPSA) is 87.1 Å². The number of nitrogens with two attached hydrogens (primary N) is 2. The largest absolute Gasteiger partial charge is 0.383 e. The average molecular weight is 212 g/mol. The maximum Gasteiger partial charge on any atom is 0.191 e. The van der Waals surface area contributed by atoms with Gasteiger partial charge in [-0.05, 0) is 6.42 Å². The van der Waals surface area contributed by atoms with E-state index in [2.05, 4.69) is 9.97 Å². The van der Waals surface area contributed by atoms with E-state index in [0.717, 1.165) is 19.6 Å². The maximum absolute atomic E-state index is 5.56. The normalized spacial score (nSPS) is 21.3. The Bertz CT molecular complexity index is 307. The van der Waals surface area contributed by atoms with Crippen molar-refractivity contribution < 1.29 is 4.74 Å². The fraction of sp³-hybridized carbons (Fsp3) is 0.500. The Kier molecular flexibility index (Phi) is 2.74. The molecule has 1 aliphatic rings. The van der Waals surface area contributed by atoms with Crippen molar-refractivity contribution in [1.29, 1.82) is 0 Å². The SMILES string of the molecule is Nc1cc(N)nc(SC2CCOC2)n1. The average Bonchev–Trinajstić information content (AvgIpc) is 2.54. The molecule has 1 saturated heterocycles. The highest BCUT2D eigenvalue weighted by Gasteiger charge is 2.18. The van der Waals surface area contributed by atoms with E-state index in [9.17, 15) is 0 Å². The molecule has 2 heterocycles. The van der Waals surface area contributed by atoms with Gasteiger partial charge in [0.1, 0.15) is 11.6 Å². The number of hydrogen-bond donors (Lipinski definition) is 2. The van der Waals surface area contributed by atoms with Crippen LogP contribution in [0.25, 0.3) is 0 Å². The molecule has 0 aromatic carbocycles. The van der Waals surface area contributed by atoms with E-state index in [0.29, 0.717) is 22.0 Å². The summed E-state index contributed by atoms with van der Waals surface area (Å²) < 4.78 is 5.25. The van der Waals surface area contributed by atoms with E-state index in [1.807, 2.05) is 0 Å². The van der Waals surface area contributed by atoms with E-state index in [-0.39, 0.29) is 0 Å². The first-order valence-electron chi connectivity index (χ1n) is 4.38. The standard InChI is InChI=1S/C8H12N4OS/c9-6-3-7(10)12-8(11-6)14-5-1-2-13-4-5/h3,5H,1-2,4H2,(H4,9,10,11,12). The summed E-state index contributed by atoms with van der Waals surface area (Å²) in [6.07, 6.45) is 1.03. The van der Waals surface area contributed by atoms with Crippen LogP contribution in [0.1, 0.15) is 6.42 Å². The number of ether oxygens (including phenoxy) is 1. The Balaban J connectivity index is 2.07. The fourth-order valence-electron chi connectivity index (χ4n) is 1.27. The number of anilines is 2. The van der Waals surface area contributed by atoms with Gasteiger partial charge in [-0.3, -0.25) is 0 Å². The first-order valence-corrected chi connectivity index (χ1v) is 5.26. The highest BCUT2D eigenvalue weighted by molar-refractivity contribution is 7.99. The van der Waals surface area contributed by atoms with Crippen molar-refractivity contribution >= 4 is 23.4 Å². The molecule has 6 heteroatoms. The van der Waals surface area contributed by atoms with Crippen molar-refractivity contribution in [3.63, 3.8) is 0 Å². The summed E-state index contributed by atoms with van der Waals surface area (Å²) in [6.45, 7) is 1.57. The fourth-order valence-corrected chi connectivity index (χ4v) is 2.26. The number of hydrogen-bond acceptors (Lipinski definition) is 6. The Morgan fingerprint density at radius 3 is 2.64 bits per heavy atom. The molecule has 5 nitrogen and oxygen atoms in total. The molecule has 14 heavy (non-hydrogen) atoms. The third-order valence-electron chi connectivity index (χ3n) is 1.91. The second kappa shape index (κ2) is 4.02. The molecule has 1 aromatic rings. The van der Waals surface area contributed by atoms with Gasteiger partial charge in [0.05, 0.1) is 6.61 Å². The summed E-state index contributed by atoms with van der Waals surface area (Å²) in [6, 6.07) is 1.55. The van der Waals surface area contributed by atoms with Gasteiger partial charge in [0.15, 0.2) is 5.16 Å². The molecule has 0 radical (unpaired) electrons.